The van der Waals surface area contributed by atoms with Gasteiger partial charge in [-0.05, 0) is 37.6 Å². The SMILES string of the molecule is CNCCC(C)(C)c1ccc(C(C)(C)C)s1. The molecule has 2 heteroatoms. The van der Waals surface area contributed by atoms with E-state index in [0.717, 1.165) is 6.54 Å². The highest BCUT2D eigenvalue weighted by Gasteiger charge is 2.24. The number of hydrogen-bond acceptors (Lipinski definition) is 2. The van der Waals surface area contributed by atoms with Crippen LogP contribution < -0.4 is 5.32 Å². The summed E-state index contributed by atoms with van der Waals surface area (Å²) in [6.45, 7) is 12.6. The predicted octanol–water partition coefficient (Wildman–Crippen LogP) is 3.93. The van der Waals surface area contributed by atoms with Gasteiger partial charge in [-0.25, -0.2) is 0 Å². The maximum absolute atomic E-state index is 3.24. The van der Waals surface area contributed by atoms with E-state index < -0.39 is 0 Å². The lowest BCUT2D eigenvalue weighted by molar-refractivity contribution is 0.477. The zero-order valence-corrected chi connectivity index (χ0v) is 12.3. The van der Waals surface area contributed by atoms with Crippen LogP contribution in [0, 0.1) is 0 Å². The lowest BCUT2D eigenvalue weighted by atomic mass is 9.87. The lowest BCUT2D eigenvalue weighted by Crippen LogP contribution is -2.22. The Hall–Kier alpha value is -0.340. The molecule has 0 unspecified atom stereocenters. The van der Waals surface area contributed by atoms with Gasteiger partial charge in [0.25, 0.3) is 0 Å². The number of nitrogens with one attached hydrogen (secondary N) is 1. The molecule has 0 atom stereocenters. The smallest absolute Gasteiger partial charge is 0.0105 e. The van der Waals surface area contributed by atoms with E-state index in [1.807, 2.05) is 18.4 Å². The third-order valence-electron chi connectivity index (χ3n) is 3.01. The summed E-state index contributed by atoms with van der Waals surface area (Å²) >= 11 is 1.97. The van der Waals surface area contributed by atoms with Gasteiger partial charge < -0.3 is 5.32 Å². The second-order valence-corrected chi connectivity index (χ2v) is 7.24. The predicted molar refractivity (Wildman–Crippen MR) is 74.6 cm³/mol. The van der Waals surface area contributed by atoms with Crippen molar-refractivity contribution in [2.24, 2.45) is 0 Å². The van der Waals surface area contributed by atoms with Crippen LogP contribution in [-0.4, -0.2) is 13.6 Å². The van der Waals surface area contributed by atoms with Crippen LogP contribution >= 0.6 is 11.3 Å². The Balaban J connectivity index is 2.84. The van der Waals surface area contributed by atoms with Crippen LogP contribution in [0.3, 0.4) is 0 Å². The van der Waals surface area contributed by atoms with E-state index in [0.29, 0.717) is 0 Å². The third-order valence-corrected chi connectivity index (χ3v) is 4.89. The molecule has 1 aromatic heterocycles. The van der Waals surface area contributed by atoms with Gasteiger partial charge in [-0.3, -0.25) is 0 Å². The first kappa shape index (κ1) is 13.7. The molecule has 1 aromatic rings. The summed E-state index contributed by atoms with van der Waals surface area (Å²) in [7, 11) is 2.02. The van der Waals surface area contributed by atoms with Gasteiger partial charge >= 0.3 is 0 Å². The minimum atomic E-state index is 0.280. The zero-order chi connectivity index (χ0) is 12.4. The number of thiophene rings is 1. The largest absolute Gasteiger partial charge is 0.320 e. The first-order valence-corrected chi connectivity index (χ1v) is 6.84. The molecule has 0 fully saturated rings. The molecule has 0 saturated carbocycles. The Bertz CT molecular complexity index is 331. The zero-order valence-electron chi connectivity index (χ0n) is 11.5. The first-order valence-electron chi connectivity index (χ1n) is 6.03. The van der Waals surface area contributed by atoms with Gasteiger partial charge in [0, 0.05) is 15.2 Å². The van der Waals surface area contributed by atoms with Crippen molar-refractivity contribution in [3.63, 3.8) is 0 Å². The fraction of sp³-hybridized carbons (Fsp3) is 0.714. The molecule has 0 aromatic carbocycles. The van der Waals surface area contributed by atoms with E-state index in [-0.39, 0.29) is 10.8 Å². The van der Waals surface area contributed by atoms with Crippen molar-refractivity contribution in [3.8, 4) is 0 Å². The van der Waals surface area contributed by atoms with Crippen LogP contribution in [0.5, 0.6) is 0 Å². The molecule has 16 heavy (non-hydrogen) atoms. The van der Waals surface area contributed by atoms with E-state index >= 15 is 0 Å². The molecular formula is C14H25NS. The summed E-state index contributed by atoms with van der Waals surface area (Å²) in [6, 6.07) is 4.60. The summed E-state index contributed by atoms with van der Waals surface area (Å²) < 4.78 is 0. The van der Waals surface area contributed by atoms with Crippen LogP contribution in [0.1, 0.15) is 50.8 Å². The summed E-state index contributed by atoms with van der Waals surface area (Å²) in [6.07, 6.45) is 1.19. The van der Waals surface area contributed by atoms with Crippen molar-refractivity contribution in [1.29, 1.82) is 0 Å². The summed E-state index contributed by atoms with van der Waals surface area (Å²) in [5.74, 6) is 0. The molecule has 1 N–H and O–H groups in total. The normalized spacial score (nSPS) is 13.1. The average Bonchev–Trinajstić information content (AvgIpc) is 2.63. The van der Waals surface area contributed by atoms with E-state index in [1.165, 1.54) is 16.2 Å². The topological polar surface area (TPSA) is 12.0 Å². The summed E-state index contributed by atoms with van der Waals surface area (Å²) in [4.78, 5) is 2.99. The molecule has 1 rings (SSSR count). The second-order valence-electron chi connectivity index (χ2n) is 6.15. The molecule has 1 heterocycles. The van der Waals surface area contributed by atoms with Gasteiger partial charge in [0.05, 0.1) is 0 Å². The van der Waals surface area contributed by atoms with E-state index in [1.54, 1.807) is 0 Å². The van der Waals surface area contributed by atoms with E-state index in [2.05, 4.69) is 52.1 Å². The molecule has 0 spiro atoms. The Labute approximate surface area is 104 Å². The molecule has 0 bridgehead atoms. The maximum Gasteiger partial charge on any atom is 0.0105 e. The molecule has 0 aliphatic heterocycles. The first-order chi connectivity index (χ1) is 7.27. The lowest BCUT2D eigenvalue weighted by Gasteiger charge is -2.23. The maximum atomic E-state index is 3.24. The Morgan fingerprint density at radius 3 is 2.06 bits per heavy atom. The second kappa shape index (κ2) is 4.89. The molecule has 92 valence electrons. The van der Waals surface area contributed by atoms with Gasteiger partial charge in [-0.2, -0.15) is 0 Å². The minimum Gasteiger partial charge on any atom is -0.320 e. The fourth-order valence-corrected chi connectivity index (χ4v) is 2.86. The monoisotopic (exact) mass is 239 g/mol. The number of rotatable bonds is 4. The van der Waals surface area contributed by atoms with Crippen molar-refractivity contribution in [2.75, 3.05) is 13.6 Å². The molecule has 0 aliphatic rings. The molecule has 0 radical (unpaired) electrons. The van der Waals surface area contributed by atoms with E-state index in [9.17, 15) is 0 Å². The van der Waals surface area contributed by atoms with Gasteiger partial charge in [0.1, 0.15) is 0 Å². The molecule has 0 aliphatic carbocycles. The van der Waals surface area contributed by atoms with Gasteiger partial charge in [0.2, 0.25) is 0 Å². The van der Waals surface area contributed by atoms with Crippen molar-refractivity contribution < 1.29 is 0 Å². The van der Waals surface area contributed by atoms with Crippen LogP contribution in [0.15, 0.2) is 12.1 Å². The highest BCUT2D eigenvalue weighted by atomic mass is 32.1. The van der Waals surface area contributed by atoms with Gasteiger partial charge in [0.15, 0.2) is 0 Å². The van der Waals surface area contributed by atoms with Crippen molar-refractivity contribution >= 4 is 11.3 Å². The van der Waals surface area contributed by atoms with Gasteiger partial charge in [-0.1, -0.05) is 34.6 Å². The van der Waals surface area contributed by atoms with Crippen LogP contribution in [0.2, 0.25) is 0 Å². The minimum absolute atomic E-state index is 0.280. The highest BCUT2D eigenvalue weighted by Crippen LogP contribution is 2.37. The fourth-order valence-electron chi connectivity index (χ4n) is 1.67. The van der Waals surface area contributed by atoms with Gasteiger partial charge in [-0.15, -0.1) is 11.3 Å². The van der Waals surface area contributed by atoms with Crippen molar-refractivity contribution in [3.05, 3.63) is 21.9 Å². The van der Waals surface area contributed by atoms with Crippen LogP contribution in [0.25, 0.3) is 0 Å². The van der Waals surface area contributed by atoms with Crippen molar-refractivity contribution in [1.82, 2.24) is 5.32 Å². The quantitative estimate of drug-likeness (QED) is 0.839. The highest BCUT2D eigenvalue weighted by molar-refractivity contribution is 7.12. The Morgan fingerprint density at radius 2 is 1.62 bits per heavy atom. The molecule has 0 saturated heterocycles. The van der Waals surface area contributed by atoms with Crippen molar-refractivity contribution in [2.45, 2.75) is 51.9 Å². The standard InChI is InChI=1S/C14H25NS/c1-13(2,3)11-7-8-12(16-11)14(4,5)9-10-15-6/h7-8,15H,9-10H2,1-6H3. The molecule has 0 amide bonds. The third kappa shape index (κ3) is 3.33. The van der Waals surface area contributed by atoms with Crippen LogP contribution in [0.4, 0.5) is 0 Å². The molecule has 1 nitrogen and oxygen atoms in total. The Morgan fingerprint density at radius 1 is 1.06 bits per heavy atom. The Kier molecular flexibility index (Phi) is 4.19. The molecular weight excluding hydrogens is 214 g/mol. The summed E-state index contributed by atoms with van der Waals surface area (Å²) in [5.41, 5.74) is 0.569. The number of hydrogen-bond donors (Lipinski definition) is 1. The average molecular weight is 239 g/mol. The van der Waals surface area contributed by atoms with E-state index in [4.69, 9.17) is 0 Å². The summed E-state index contributed by atoms with van der Waals surface area (Å²) in [5, 5.41) is 3.24. The van der Waals surface area contributed by atoms with Crippen LogP contribution in [-0.2, 0) is 10.8 Å².